The molecule has 0 aliphatic heterocycles. The van der Waals surface area contributed by atoms with Crippen molar-refractivity contribution in [3.05, 3.63) is 40.7 Å². The van der Waals surface area contributed by atoms with Gasteiger partial charge in [0.1, 0.15) is 5.82 Å². The van der Waals surface area contributed by atoms with Crippen LogP contribution in [0.5, 0.6) is 0 Å². The Morgan fingerprint density at radius 1 is 1.36 bits per heavy atom. The molecule has 0 N–H and O–H groups in total. The molecule has 1 aromatic rings. The first-order chi connectivity index (χ1) is 5.27. The van der Waals surface area contributed by atoms with Crippen LogP contribution in [0.2, 0.25) is 0 Å². The van der Waals surface area contributed by atoms with Crippen molar-refractivity contribution >= 4 is 6.08 Å². The van der Waals surface area contributed by atoms with Gasteiger partial charge in [-0.3, -0.25) is 0 Å². The molecular formula is C10H9F. The Hall–Kier alpha value is -1.11. The van der Waals surface area contributed by atoms with Gasteiger partial charge < -0.3 is 0 Å². The molecule has 11 heavy (non-hydrogen) atoms. The van der Waals surface area contributed by atoms with Crippen LogP contribution >= 0.6 is 0 Å². The predicted octanol–water partition coefficient (Wildman–Crippen LogP) is 2.70. The van der Waals surface area contributed by atoms with Crippen LogP contribution in [-0.2, 0) is 6.42 Å². The fourth-order valence-corrected chi connectivity index (χ4v) is 1.40. The van der Waals surface area contributed by atoms with E-state index < -0.39 is 0 Å². The number of benzene rings is 1. The van der Waals surface area contributed by atoms with Gasteiger partial charge in [-0.15, -0.1) is 0 Å². The zero-order valence-electron chi connectivity index (χ0n) is 6.39. The molecule has 1 aromatic carbocycles. The van der Waals surface area contributed by atoms with Crippen molar-refractivity contribution in [2.75, 3.05) is 0 Å². The topological polar surface area (TPSA) is 0 Å². The molecule has 0 spiro atoms. The Kier molecular flexibility index (Phi) is 1.31. The highest BCUT2D eigenvalue weighted by Gasteiger charge is 2.07. The van der Waals surface area contributed by atoms with Gasteiger partial charge in [-0.25, -0.2) is 4.39 Å². The molecule has 0 amide bonds. The van der Waals surface area contributed by atoms with Crippen molar-refractivity contribution in [2.24, 2.45) is 0 Å². The van der Waals surface area contributed by atoms with E-state index in [1.54, 1.807) is 13.0 Å². The minimum Gasteiger partial charge on any atom is -0.207 e. The molecule has 0 atom stereocenters. The number of halogens is 1. The van der Waals surface area contributed by atoms with Gasteiger partial charge in [0.05, 0.1) is 0 Å². The molecule has 0 saturated heterocycles. The van der Waals surface area contributed by atoms with Gasteiger partial charge in [0.2, 0.25) is 0 Å². The first-order valence-electron chi connectivity index (χ1n) is 3.73. The zero-order valence-corrected chi connectivity index (χ0v) is 6.39. The van der Waals surface area contributed by atoms with Gasteiger partial charge in [0, 0.05) is 0 Å². The third-order valence-corrected chi connectivity index (χ3v) is 2.06. The normalized spacial score (nSPS) is 13.6. The average molecular weight is 148 g/mol. The van der Waals surface area contributed by atoms with E-state index >= 15 is 0 Å². The lowest BCUT2D eigenvalue weighted by Crippen LogP contribution is -1.87. The molecule has 1 aliphatic rings. The largest absolute Gasteiger partial charge is 0.207 e. The molecule has 1 heteroatoms. The lowest BCUT2D eigenvalue weighted by molar-refractivity contribution is 0.617. The Balaban J connectivity index is 2.63. The van der Waals surface area contributed by atoms with Crippen LogP contribution in [0.25, 0.3) is 6.08 Å². The molecule has 0 unspecified atom stereocenters. The molecule has 0 bridgehead atoms. The fraction of sp³-hybridized carbons (Fsp3) is 0.200. The molecular weight excluding hydrogens is 139 g/mol. The SMILES string of the molecule is Cc1cc2c(cc1F)C=CC2. The maximum atomic E-state index is 12.9. The predicted molar refractivity (Wildman–Crippen MR) is 43.9 cm³/mol. The monoisotopic (exact) mass is 148 g/mol. The Morgan fingerprint density at radius 3 is 3.00 bits per heavy atom. The summed E-state index contributed by atoms with van der Waals surface area (Å²) in [5.74, 6) is -0.102. The van der Waals surface area contributed by atoms with Gasteiger partial charge >= 0.3 is 0 Å². The van der Waals surface area contributed by atoms with Gasteiger partial charge in [0.25, 0.3) is 0 Å². The lowest BCUT2D eigenvalue weighted by Gasteiger charge is -2.01. The smallest absolute Gasteiger partial charge is 0.126 e. The van der Waals surface area contributed by atoms with Gasteiger partial charge in [-0.05, 0) is 36.1 Å². The number of hydrogen-bond acceptors (Lipinski definition) is 0. The van der Waals surface area contributed by atoms with E-state index in [9.17, 15) is 4.39 Å². The van der Waals surface area contributed by atoms with Crippen LogP contribution in [0.4, 0.5) is 4.39 Å². The lowest BCUT2D eigenvalue weighted by atomic mass is 10.1. The third-order valence-electron chi connectivity index (χ3n) is 2.06. The Labute approximate surface area is 65.4 Å². The minimum atomic E-state index is -0.102. The minimum absolute atomic E-state index is 0.102. The quantitative estimate of drug-likeness (QED) is 0.530. The molecule has 0 heterocycles. The van der Waals surface area contributed by atoms with Crippen LogP contribution < -0.4 is 0 Å². The maximum absolute atomic E-state index is 12.9. The molecule has 0 fully saturated rings. The van der Waals surface area contributed by atoms with Crippen LogP contribution in [0.3, 0.4) is 0 Å². The van der Waals surface area contributed by atoms with E-state index in [1.807, 2.05) is 12.1 Å². The first kappa shape index (κ1) is 6.59. The third kappa shape index (κ3) is 0.967. The maximum Gasteiger partial charge on any atom is 0.126 e. The van der Waals surface area contributed by atoms with E-state index in [2.05, 4.69) is 6.08 Å². The van der Waals surface area contributed by atoms with Gasteiger partial charge in [-0.1, -0.05) is 18.2 Å². The Bertz CT molecular complexity index is 324. The molecule has 0 saturated carbocycles. The van der Waals surface area contributed by atoms with Crippen molar-refractivity contribution in [3.63, 3.8) is 0 Å². The van der Waals surface area contributed by atoms with Crippen molar-refractivity contribution in [3.8, 4) is 0 Å². The zero-order chi connectivity index (χ0) is 7.84. The summed E-state index contributed by atoms with van der Waals surface area (Å²) in [7, 11) is 0. The van der Waals surface area contributed by atoms with Gasteiger partial charge in [0.15, 0.2) is 0 Å². The number of rotatable bonds is 0. The van der Waals surface area contributed by atoms with Crippen molar-refractivity contribution < 1.29 is 4.39 Å². The summed E-state index contributed by atoms with van der Waals surface area (Å²) in [5.41, 5.74) is 3.02. The summed E-state index contributed by atoms with van der Waals surface area (Å²) >= 11 is 0. The summed E-state index contributed by atoms with van der Waals surface area (Å²) in [5, 5.41) is 0. The Morgan fingerprint density at radius 2 is 2.18 bits per heavy atom. The summed E-state index contributed by atoms with van der Waals surface area (Å²) in [6, 6.07) is 3.53. The number of aryl methyl sites for hydroxylation is 1. The highest BCUT2D eigenvalue weighted by molar-refractivity contribution is 5.60. The summed E-state index contributed by atoms with van der Waals surface area (Å²) in [4.78, 5) is 0. The van der Waals surface area contributed by atoms with E-state index in [0.717, 1.165) is 17.5 Å². The van der Waals surface area contributed by atoms with E-state index in [1.165, 1.54) is 5.56 Å². The standard InChI is InChI=1S/C10H9F/c1-7-5-8-3-2-4-9(8)6-10(7)11/h2,4-6H,3H2,1H3. The van der Waals surface area contributed by atoms with Crippen LogP contribution in [0.1, 0.15) is 16.7 Å². The van der Waals surface area contributed by atoms with Gasteiger partial charge in [-0.2, -0.15) is 0 Å². The van der Waals surface area contributed by atoms with E-state index in [4.69, 9.17) is 0 Å². The van der Waals surface area contributed by atoms with Crippen LogP contribution in [-0.4, -0.2) is 0 Å². The highest BCUT2D eigenvalue weighted by atomic mass is 19.1. The molecule has 1 aliphatic carbocycles. The fourth-order valence-electron chi connectivity index (χ4n) is 1.40. The second-order valence-electron chi connectivity index (χ2n) is 2.91. The average Bonchev–Trinajstić information content (AvgIpc) is 2.36. The van der Waals surface area contributed by atoms with Crippen molar-refractivity contribution in [1.29, 1.82) is 0 Å². The number of allylic oxidation sites excluding steroid dienone is 1. The number of fused-ring (bicyclic) bond motifs is 1. The molecule has 56 valence electrons. The molecule has 0 nitrogen and oxygen atoms in total. The van der Waals surface area contributed by atoms with Crippen molar-refractivity contribution in [1.82, 2.24) is 0 Å². The second-order valence-corrected chi connectivity index (χ2v) is 2.91. The summed E-state index contributed by atoms with van der Waals surface area (Å²) in [6.45, 7) is 1.80. The first-order valence-corrected chi connectivity index (χ1v) is 3.73. The summed E-state index contributed by atoms with van der Waals surface area (Å²) in [6.07, 6.45) is 4.98. The molecule has 2 rings (SSSR count). The van der Waals surface area contributed by atoms with E-state index in [0.29, 0.717) is 0 Å². The molecule has 0 radical (unpaired) electrons. The summed E-state index contributed by atoms with van der Waals surface area (Å²) < 4.78 is 12.9. The number of hydrogen-bond donors (Lipinski definition) is 0. The van der Waals surface area contributed by atoms with Crippen LogP contribution in [0, 0.1) is 12.7 Å². The molecule has 0 aromatic heterocycles. The van der Waals surface area contributed by atoms with Crippen molar-refractivity contribution in [2.45, 2.75) is 13.3 Å². The van der Waals surface area contributed by atoms with Crippen LogP contribution in [0.15, 0.2) is 18.2 Å². The van der Waals surface area contributed by atoms with E-state index in [-0.39, 0.29) is 5.82 Å². The second kappa shape index (κ2) is 2.19. The highest BCUT2D eigenvalue weighted by Crippen LogP contribution is 2.22.